The van der Waals surface area contributed by atoms with Gasteiger partial charge in [0.15, 0.2) is 0 Å². The minimum absolute atomic E-state index is 0.922. The maximum Gasteiger partial charge on any atom is 0.0468 e. The summed E-state index contributed by atoms with van der Waals surface area (Å²) in [4.78, 5) is 2.35. The Balaban J connectivity index is 1.36. The molecule has 0 amide bonds. The molecule has 0 aromatic heterocycles. The van der Waals surface area contributed by atoms with Crippen molar-refractivity contribution in [3.8, 4) is 11.1 Å². The van der Waals surface area contributed by atoms with Crippen LogP contribution < -0.4 is 4.90 Å². The van der Waals surface area contributed by atoms with Gasteiger partial charge < -0.3 is 4.90 Å². The fourth-order valence-electron chi connectivity index (χ4n) is 5.32. The number of rotatable bonds is 7. The van der Waals surface area contributed by atoms with Crippen molar-refractivity contribution in [2.45, 2.75) is 20.3 Å². The number of benzene rings is 6. The maximum atomic E-state index is 2.35. The lowest BCUT2D eigenvalue weighted by Gasteiger charge is -2.26. The van der Waals surface area contributed by atoms with Crippen LogP contribution in [-0.2, 0) is 6.42 Å². The lowest BCUT2D eigenvalue weighted by atomic mass is 9.97. The molecule has 0 bridgehead atoms. The Morgan fingerprint density at radius 3 is 1.80 bits per heavy atom. The van der Waals surface area contributed by atoms with Crippen LogP contribution in [0.2, 0.25) is 0 Å². The summed E-state index contributed by atoms with van der Waals surface area (Å²) in [7, 11) is 0. The van der Waals surface area contributed by atoms with Crippen LogP contribution >= 0.6 is 0 Å². The predicted molar refractivity (Wildman–Crippen MR) is 173 cm³/mol. The van der Waals surface area contributed by atoms with Gasteiger partial charge in [-0.15, -0.1) is 0 Å². The molecule has 0 saturated heterocycles. The van der Waals surface area contributed by atoms with E-state index < -0.39 is 0 Å². The first-order valence-corrected chi connectivity index (χ1v) is 13.9. The maximum absolute atomic E-state index is 2.35. The monoisotopic (exact) mass is 515 g/mol. The summed E-state index contributed by atoms with van der Waals surface area (Å²) in [6, 6.07) is 52.5. The summed E-state index contributed by atoms with van der Waals surface area (Å²) in [5.41, 5.74) is 11.1. The molecule has 0 heterocycles. The molecule has 0 saturated carbocycles. The van der Waals surface area contributed by atoms with Crippen molar-refractivity contribution < 1.29 is 0 Å². The highest BCUT2D eigenvalue weighted by atomic mass is 15.1. The van der Waals surface area contributed by atoms with E-state index in [2.05, 4.69) is 170 Å². The normalized spacial score (nSPS) is 11.5. The van der Waals surface area contributed by atoms with Gasteiger partial charge in [0.25, 0.3) is 0 Å². The molecule has 6 rings (SSSR count). The fourth-order valence-corrected chi connectivity index (χ4v) is 5.32. The highest BCUT2D eigenvalue weighted by Crippen LogP contribution is 2.37. The molecule has 6 aromatic rings. The summed E-state index contributed by atoms with van der Waals surface area (Å²) in [6.45, 7) is 4.27. The van der Waals surface area contributed by atoms with Crippen molar-refractivity contribution >= 4 is 33.4 Å². The van der Waals surface area contributed by atoms with Gasteiger partial charge in [-0.3, -0.25) is 0 Å². The Morgan fingerprint density at radius 1 is 0.550 bits per heavy atom. The Morgan fingerprint density at radius 2 is 1.12 bits per heavy atom. The van der Waals surface area contributed by atoms with Crippen LogP contribution in [0.5, 0.6) is 0 Å². The molecule has 0 aliphatic heterocycles. The summed E-state index contributed by atoms with van der Waals surface area (Å²) in [5, 5.41) is 2.48. The zero-order valence-corrected chi connectivity index (χ0v) is 23.1. The Hall–Kier alpha value is -4.88. The molecule has 0 N–H and O–H groups in total. The third-order valence-corrected chi connectivity index (χ3v) is 7.58. The van der Waals surface area contributed by atoms with Gasteiger partial charge >= 0.3 is 0 Å². The van der Waals surface area contributed by atoms with E-state index in [1.807, 2.05) is 0 Å². The molecule has 1 heteroatoms. The topological polar surface area (TPSA) is 3.24 Å². The zero-order valence-electron chi connectivity index (χ0n) is 23.1. The van der Waals surface area contributed by atoms with Crippen molar-refractivity contribution in [2.24, 2.45) is 0 Å². The van der Waals surface area contributed by atoms with E-state index in [0.717, 1.165) is 23.5 Å². The molecule has 40 heavy (non-hydrogen) atoms. The van der Waals surface area contributed by atoms with Crippen molar-refractivity contribution in [3.63, 3.8) is 0 Å². The Kier molecular flexibility index (Phi) is 7.28. The van der Waals surface area contributed by atoms with Crippen molar-refractivity contribution in [1.82, 2.24) is 0 Å². The number of fused-ring (bicyclic) bond motifs is 1. The molecule has 0 fully saturated rings. The second-order valence-electron chi connectivity index (χ2n) is 10.3. The van der Waals surface area contributed by atoms with E-state index >= 15 is 0 Å². The van der Waals surface area contributed by atoms with Crippen LogP contribution in [0.25, 0.3) is 27.5 Å². The summed E-state index contributed by atoms with van der Waals surface area (Å²) < 4.78 is 0. The predicted octanol–water partition coefficient (Wildman–Crippen LogP) is 10.9. The number of allylic oxidation sites excluding steroid dienone is 2. The van der Waals surface area contributed by atoms with Crippen molar-refractivity contribution in [3.05, 3.63) is 168 Å². The summed E-state index contributed by atoms with van der Waals surface area (Å²) in [5.74, 6) is 0. The third-order valence-electron chi connectivity index (χ3n) is 7.58. The van der Waals surface area contributed by atoms with Crippen LogP contribution in [0.4, 0.5) is 17.1 Å². The van der Waals surface area contributed by atoms with Crippen LogP contribution in [-0.4, -0.2) is 0 Å². The molecule has 1 nitrogen and oxygen atoms in total. The lowest BCUT2D eigenvalue weighted by molar-refractivity contribution is 1.25. The number of nitrogens with zero attached hydrogens (tertiary/aromatic N) is 1. The minimum atomic E-state index is 0.922. The van der Waals surface area contributed by atoms with Gasteiger partial charge in [0.1, 0.15) is 0 Å². The molecule has 0 spiro atoms. The first-order chi connectivity index (χ1) is 19.7. The van der Waals surface area contributed by atoms with Gasteiger partial charge in [-0.05, 0) is 95.3 Å². The van der Waals surface area contributed by atoms with Gasteiger partial charge in [-0.1, -0.05) is 121 Å². The van der Waals surface area contributed by atoms with Crippen molar-refractivity contribution in [2.75, 3.05) is 4.90 Å². The average Bonchev–Trinajstić information content (AvgIpc) is 3.02. The highest BCUT2D eigenvalue weighted by molar-refractivity contribution is 5.89. The van der Waals surface area contributed by atoms with E-state index in [4.69, 9.17) is 0 Å². The molecule has 0 aliphatic rings. The number of aryl methyl sites for hydroxylation is 1. The largest absolute Gasteiger partial charge is 0.310 e. The number of hydrogen-bond acceptors (Lipinski definition) is 1. The SMILES string of the molecule is C/C=C(/Cc1ccc(C)cc1)c1ccc(N(c2ccc(-c3ccccc3)cc2)c2ccc3ccccc3c2)cc1. The van der Waals surface area contributed by atoms with Gasteiger partial charge in [0.05, 0.1) is 0 Å². The van der Waals surface area contributed by atoms with Gasteiger partial charge in [0.2, 0.25) is 0 Å². The van der Waals surface area contributed by atoms with Gasteiger partial charge in [-0.2, -0.15) is 0 Å². The smallest absolute Gasteiger partial charge is 0.0468 e. The molecule has 0 atom stereocenters. The van der Waals surface area contributed by atoms with E-state index in [0.29, 0.717) is 0 Å². The van der Waals surface area contributed by atoms with E-state index in [1.165, 1.54) is 44.2 Å². The van der Waals surface area contributed by atoms with Crippen LogP contribution in [0.3, 0.4) is 0 Å². The first kappa shape index (κ1) is 25.4. The third kappa shape index (κ3) is 5.46. The zero-order chi connectivity index (χ0) is 27.3. The van der Waals surface area contributed by atoms with Crippen molar-refractivity contribution in [1.29, 1.82) is 0 Å². The van der Waals surface area contributed by atoms with Crippen LogP contribution in [0, 0.1) is 6.92 Å². The molecule has 0 unspecified atom stereocenters. The molecule has 194 valence electrons. The van der Waals surface area contributed by atoms with Gasteiger partial charge in [0, 0.05) is 17.1 Å². The standard InChI is InChI=1S/C39H33N/c1-3-31(27-30-15-13-29(2)14-16-30)34-17-22-37(23-18-34)40(39-26-21-33-11-7-8-12-36(33)28-39)38-24-19-35(20-25-38)32-9-5-4-6-10-32/h3-26,28H,27H2,1-2H3/b31-3-. The lowest BCUT2D eigenvalue weighted by Crippen LogP contribution is -2.10. The molecule has 0 aliphatic carbocycles. The Labute approximate surface area is 237 Å². The number of hydrogen-bond donors (Lipinski definition) is 0. The minimum Gasteiger partial charge on any atom is -0.310 e. The average molecular weight is 516 g/mol. The van der Waals surface area contributed by atoms with E-state index in [1.54, 1.807) is 0 Å². The van der Waals surface area contributed by atoms with Gasteiger partial charge in [-0.25, -0.2) is 0 Å². The summed E-state index contributed by atoms with van der Waals surface area (Å²) in [6.07, 6.45) is 3.16. The quantitative estimate of drug-likeness (QED) is 0.204. The Bertz CT molecular complexity index is 1740. The summed E-state index contributed by atoms with van der Waals surface area (Å²) >= 11 is 0. The molecule has 0 radical (unpaired) electrons. The van der Waals surface area contributed by atoms with E-state index in [9.17, 15) is 0 Å². The fraction of sp³-hybridized carbons (Fsp3) is 0.0769. The number of anilines is 3. The molecule has 6 aromatic carbocycles. The first-order valence-electron chi connectivity index (χ1n) is 13.9. The molecular weight excluding hydrogens is 482 g/mol. The second-order valence-corrected chi connectivity index (χ2v) is 10.3. The van der Waals surface area contributed by atoms with Crippen LogP contribution in [0.15, 0.2) is 152 Å². The van der Waals surface area contributed by atoms with E-state index in [-0.39, 0.29) is 0 Å². The second kappa shape index (κ2) is 11.5. The highest BCUT2D eigenvalue weighted by Gasteiger charge is 2.14. The molecular formula is C39H33N. The van der Waals surface area contributed by atoms with Crippen LogP contribution in [0.1, 0.15) is 23.6 Å².